The molecule has 25 heavy (non-hydrogen) atoms. The average Bonchev–Trinajstić information content (AvgIpc) is 3.35. The summed E-state index contributed by atoms with van der Waals surface area (Å²) < 4.78 is 11.2. The van der Waals surface area contributed by atoms with Crippen LogP contribution in [-0.4, -0.2) is 21.3 Å². The topological polar surface area (TPSA) is 94.1 Å². The molecule has 0 saturated heterocycles. The van der Waals surface area contributed by atoms with Crippen molar-refractivity contribution in [2.24, 2.45) is 0 Å². The summed E-state index contributed by atoms with van der Waals surface area (Å²) in [5, 5.41) is 13.9. The van der Waals surface area contributed by atoms with Gasteiger partial charge in [0.1, 0.15) is 0 Å². The Morgan fingerprint density at radius 2 is 1.96 bits per heavy atom. The number of hydrogen-bond donors (Lipinski definition) is 1. The third-order valence-electron chi connectivity index (χ3n) is 3.23. The lowest BCUT2D eigenvalue weighted by molar-refractivity contribution is 0.101. The molecule has 4 rings (SSSR count). The molecule has 0 aliphatic heterocycles. The van der Waals surface area contributed by atoms with Crippen molar-refractivity contribution >= 4 is 34.9 Å². The lowest BCUT2D eigenvalue weighted by Gasteiger charge is -1.94. The number of rotatable bonds is 4. The highest BCUT2D eigenvalue weighted by atomic mass is 35.5. The predicted molar refractivity (Wildman–Crippen MR) is 92.5 cm³/mol. The fraction of sp³-hybridized carbons (Fsp3) is 0. The normalized spacial score (nSPS) is 10.8. The second kappa shape index (κ2) is 6.50. The maximum absolute atomic E-state index is 12.2. The molecule has 7 nitrogen and oxygen atoms in total. The molecule has 3 aromatic heterocycles. The van der Waals surface area contributed by atoms with Crippen molar-refractivity contribution in [1.29, 1.82) is 0 Å². The molecule has 0 aliphatic carbocycles. The number of amides is 1. The van der Waals surface area contributed by atoms with Crippen LogP contribution in [-0.2, 0) is 0 Å². The first kappa shape index (κ1) is 15.6. The molecule has 0 unspecified atom stereocenters. The van der Waals surface area contributed by atoms with Crippen molar-refractivity contribution < 1.29 is 13.7 Å². The minimum Gasteiger partial charge on any atom is -0.402 e. The van der Waals surface area contributed by atoms with Gasteiger partial charge in [0, 0.05) is 11.6 Å². The lowest BCUT2D eigenvalue weighted by Crippen LogP contribution is -2.12. The highest BCUT2D eigenvalue weighted by Gasteiger charge is 2.17. The number of benzene rings is 1. The largest absolute Gasteiger partial charge is 0.402 e. The van der Waals surface area contributed by atoms with Crippen LogP contribution in [0.3, 0.4) is 0 Å². The zero-order valence-corrected chi connectivity index (χ0v) is 14.0. The fourth-order valence-corrected chi connectivity index (χ4v) is 3.05. The van der Waals surface area contributed by atoms with Crippen molar-refractivity contribution in [2.75, 3.05) is 5.32 Å². The summed E-state index contributed by atoms with van der Waals surface area (Å²) in [5.74, 6) is 0.257. The smallest absolute Gasteiger partial charge is 0.322 e. The quantitative estimate of drug-likeness (QED) is 0.572. The van der Waals surface area contributed by atoms with Crippen molar-refractivity contribution in [1.82, 2.24) is 15.4 Å². The number of nitrogens with zero attached hydrogens (tertiary/aromatic N) is 3. The van der Waals surface area contributed by atoms with Crippen molar-refractivity contribution in [3.8, 4) is 22.1 Å². The number of hydrogen-bond acceptors (Lipinski definition) is 7. The summed E-state index contributed by atoms with van der Waals surface area (Å²) >= 11 is 7.17. The Bertz CT molecular complexity index is 1020. The van der Waals surface area contributed by atoms with Gasteiger partial charge in [-0.25, -0.2) is 0 Å². The summed E-state index contributed by atoms with van der Waals surface area (Å²) in [6.45, 7) is 0. The van der Waals surface area contributed by atoms with E-state index in [1.54, 1.807) is 18.2 Å². The van der Waals surface area contributed by atoms with E-state index in [-0.39, 0.29) is 17.6 Å². The van der Waals surface area contributed by atoms with Gasteiger partial charge >= 0.3 is 6.01 Å². The van der Waals surface area contributed by atoms with Gasteiger partial charge in [0.05, 0.1) is 9.21 Å². The number of thiophene rings is 1. The van der Waals surface area contributed by atoms with E-state index < -0.39 is 5.91 Å². The summed E-state index contributed by atoms with van der Waals surface area (Å²) in [5.41, 5.74) is 0.932. The number of anilines is 1. The molecule has 3 heterocycles. The average molecular weight is 373 g/mol. The van der Waals surface area contributed by atoms with Crippen LogP contribution in [0.1, 0.15) is 10.5 Å². The summed E-state index contributed by atoms with van der Waals surface area (Å²) in [6, 6.07) is 14.3. The number of halogens is 1. The van der Waals surface area contributed by atoms with E-state index in [0.717, 1.165) is 5.56 Å². The van der Waals surface area contributed by atoms with Gasteiger partial charge < -0.3 is 8.94 Å². The third-order valence-corrected chi connectivity index (χ3v) is 4.45. The van der Waals surface area contributed by atoms with Gasteiger partial charge in [-0.1, -0.05) is 52.2 Å². The molecule has 124 valence electrons. The van der Waals surface area contributed by atoms with Crippen LogP contribution < -0.4 is 5.32 Å². The first-order valence-electron chi connectivity index (χ1n) is 7.12. The molecule has 0 saturated carbocycles. The monoisotopic (exact) mass is 372 g/mol. The highest BCUT2D eigenvalue weighted by molar-refractivity contribution is 7.19. The van der Waals surface area contributed by atoms with Crippen molar-refractivity contribution in [2.45, 2.75) is 0 Å². The van der Waals surface area contributed by atoms with Crippen molar-refractivity contribution in [3.05, 3.63) is 58.6 Å². The molecular weight excluding hydrogens is 364 g/mol. The summed E-state index contributed by atoms with van der Waals surface area (Å²) in [4.78, 5) is 12.9. The van der Waals surface area contributed by atoms with Crippen molar-refractivity contribution in [3.63, 3.8) is 0 Å². The number of carbonyl (C=O) groups is 1. The maximum atomic E-state index is 12.2. The van der Waals surface area contributed by atoms with Gasteiger partial charge in [0.25, 0.3) is 11.8 Å². The van der Waals surface area contributed by atoms with Gasteiger partial charge in [0.2, 0.25) is 0 Å². The lowest BCUT2D eigenvalue weighted by atomic mass is 10.1. The second-order valence-electron chi connectivity index (χ2n) is 4.91. The number of aromatic nitrogens is 3. The Morgan fingerprint density at radius 1 is 1.12 bits per heavy atom. The third kappa shape index (κ3) is 3.30. The number of carbonyl (C=O) groups excluding carboxylic acids is 1. The zero-order chi connectivity index (χ0) is 17.2. The molecule has 1 aromatic carbocycles. The summed E-state index contributed by atoms with van der Waals surface area (Å²) in [7, 11) is 0. The molecule has 0 radical (unpaired) electrons. The molecule has 0 spiro atoms. The van der Waals surface area contributed by atoms with E-state index in [1.807, 2.05) is 30.3 Å². The van der Waals surface area contributed by atoms with Gasteiger partial charge in [-0.3, -0.25) is 10.1 Å². The Hall–Kier alpha value is -2.97. The molecule has 1 N–H and O–H groups in total. The van der Waals surface area contributed by atoms with Crippen LogP contribution in [0.2, 0.25) is 4.34 Å². The van der Waals surface area contributed by atoms with Crippen LogP contribution in [0.25, 0.3) is 22.1 Å². The summed E-state index contributed by atoms with van der Waals surface area (Å²) in [6.07, 6.45) is 0. The molecule has 4 aromatic rings. The first-order valence-corrected chi connectivity index (χ1v) is 8.31. The van der Waals surface area contributed by atoms with Crippen LogP contribution in [0.4, 0.5) is 6.01 Å². The van der Waals surface area contributed by atoms with E-state index in [1.165, 1.54) is 11.3 Å². The molecule has 0 aliphatic rings. The van der Waals surface area contributed by atoms with E-state index in [9.17, 15) is 4.79 Å². The van der Waals surface area contributed by atoms with Gasteiger partial charge in [0.15, 0.2) is 11.5 Å². The van der Waals surface area contributed by atoms with Crippen LogP contribution in [0.15, 0.2) is 57.5 Å². The maximum Gasteiger partial charge on any atom is 0.322 e. The Kier molecular flexibility index (Phi) is 4.04. The van der Waals surface area contributed by atoms with E-state index in [4.69, 9.17) is 20.5 Å². The van der Waals surface area contributed by atoms with Crippen LogP contribution >= 0.6 is 22.9 Å². The van der Waals surface area contributed by atoms with Gasteiger partial charge in [-0.05, 0) is 12.1 Å². The minimum absolute atomic E-state index is 0.0335. The molecule has 9 heteroatoms. The SMILES string of the molecule is O=C(Nc1nnc(-c2ccc(Cl)s2)o1)c1cc(-c2ccccc2)on1. The highest BCUT2D eigenvalue weighted by Crippen LogP contribution is 2.30. The van der Waals surface area contributed by atoms with E-state index >= 15 is 0 Å². The van der Waals surface area contributed by atoms with Crippen LogP contribution in [0, 0.1) is 0 Å². The van der Waals surface area contributed by atoms with Gasteiger partial charge in [-0.2, -0.15) is 0 Å². The molecule has 0 fully saturated rings. The second-order valence-corrected chi connectivity index (χ2v) is 6.63. The zero-order valence-electron chi connectivity index (χ0n) is 12.5. The van der Waals surface area contributed by atoms with E-state index in [0.29, 0.717) is 15.0 Å². The molecule has 0 atom stereocenters. The first-order chi connectivity index (χ1) is 12.2. The van der Waals surface area contributed by atoms with E-state index in [2.05, 4.69) is 20.7 Å². The van der Waals surface area contributed by atoms with Crippen LogP contribution in [0.5, 0.6) is 0 Å². The molecule has 0 bridgehead atoms. The Balaban J connectivity index is 1.49. The van der Waals surface area contributed by atoms with Gasteiger partial charge in [-0.15, -0.1) is 16.4 Å². The predicted octanol–water partition coefficient (Wildman–Crippen LogP) is 4.36. The standard InChI is InChI=1S/C16H9ClN4O3S/c17-13-7-6-12(25-13)15-19-20-16(23-15)18-14(22)10-8-11(24-21-10)9-4-2-1-3-5-9/h1-8H,(H,18,20,22). The molecular formula is C16H9ClN4O3S. The number of nitrogens with one attached hydrogen (secondary N) is 1. The molecule has 1 amide bonds. The fourth-order valence-electron chi connectivity index (χ4n) is 2.08. The Morgan fingerprint density at radius 3 is 2.72 bits per heavy atom. The Labute approximate surface area is 150 Å². The minimum atomic E-state index is -0.509.